The van der Waals surface area contributed by atoms with E-state index in [1.165, 1.54) is 0 Å². The second kappa shape index (κ2) is 7.14. The van der Waals surface area contributed by atoms with Gasteiger partial charge in [0, 0.05) is 18.6 Å². The number of ether oxygens (including phenoxy) is 1. The van der Waals surface area contributed by atoms with Crippen molar-refractivity contribution < 1.29 is 9.53 Å². The molecule has 0 saturated carbocycles. The lowest BCUT2D eigenvalue weighted by atomic mass is 10.2. The molecule has 0 saturated heterocycles. The van der Waals surface area contributed by atoms with Crippen LogP contribution in [0.1, 0.15) is 12.5 Å². The SMILES string of the molecule is CC(Oc1ccccc1)C(=O)N(C)Cc1ccc(Cl)cc1. The highest BCUT2D eigenvalue weighted by Crippen LogP contribution is 2.14. The van der Waals surface area contributed by atoms with E-state index in [0.29, 0.717) is 17.3 Å². The number of para-hydroxylation sites is 1. The molecule has 0 aliphatic rings. The number of likely N-dealkylation sites (N-methyl/N-ethyl adjacent to an activating group) is 1. The summed E-state index contributed by atoms with van der Waals surface area (Å²) in [5.74, 6) is 0.632. The zero-order valence-electron chi connectivity index (χ0n) is 12.1. The lowest BCUT2D eigenvalue weighted by molar-refractivity contribution is -0.137. The molecular weight excluding hydrogens is 286 g/mol. The molecule has 0 spiro atoms. The number of carbonyl (C=O) groups excluding carboxylic acids is 1. The summed E-state index contributed by atoms with van der Waals surface area (Å²) in [6, 6.07) is 16.8. The van der Waals surface area contributed by atoms with Crippen LogP contribution in [-0.4, -0.2) is 24.0 Å². The lowest BCUT2D eigenvalue weighted by Crippen LogP contribution is -2.37. The molecule has 3 nitrogen and oxygen atoms in total. The van der Waals surface area contributed by atoms with Crippen LogP contribution in [0.15, 0.2) is 54.6 Å². The van der Waals surface area contributed by atoms with E-state index in [-0.39, 0.29) is 5.91 Å². The van der Waals surface area contributed by atoms with E-state index in [2.05, 4.69) is 0 Å². The summed E-state index contributed by atoms with van der Waals surface area (Å²) in [6.45, 7) is 2.28. The van der Waals surface area contributed by atoms with Crippen LogP contribution in [-0.2, 0) is 11.3 Å². The van der Waals surface area contributed by atoms with Crippen molar-refractivity contribution in [1.29, 1.82) is 0 Å². The Morgan fingerprint density at radius 2 is 1.76 bits per heavy atom. The molecule has 0 bridgehead atoms. The van der Waals surface area contributed by atoms with E-state index in [4.69, 9.17) is 16.3 Å². The summed E-state index contributed by atoms with van der Waals surface area (Å²) >= 11 is 5.85. The fraction of sp³-hybridized carbons (Fsp3) is 0.235. The Kier molecular flexibility index (Phi) is 5.23. The lowest BCUT2D eigenvalue weighted by Gasteiger charge is -2.22. The van der Waals surface area contributed by atoms with Gasteiger partial charge in [0.1, 0.15) is 5.75 Å². The van der Waals surface area contributed by atoms with Crippen LogP contribution in [0.5, 0.6) is 5.75 Å². The molecule has 2 aromatic rings. The molecule has 1 unspecified atom stereocenters. The summed E-state index contributed by atoms with van der Waals surface area (Å²) in [5, 5.41) is 0.688. The summed E-state index contributed by atoms with van der Waals surface area (Å²) in [7, 11) is 1.77. The molecule has 2 aromatic carbocycles. The van der Waals surface area contributed by atoms with Gasteiger partial charge in [-0.15, -0.1) is 0 Å². The highest BCUT2D eigenvalue weighted by molar-refractivity contribution is 6.30. The smallest absolute Gasteiger partial charge is 0.263 e. The van der Waals surface area contributed by atoms with E-state index >= 15 is 0 Å². The first-order chi connectivity index (χ1) is 10.1. The largest absolute Gasteiger partial charge is 0.481 e. The molecule has 2 rings (SSSR count). The van der Waals surface area contributed by atoms with Crippen molar-refractivity contribution >= 4 is 17.5 Å². The third-order valence-corrected chi connectivity index (χ3v) is 3.37. The van der Waals surface area contributed by atoms with E-state index in [1.54, 1.807) is 18.9 Å². The molecule has 0 heterocycles. The minimum Gasteiger partial charge on any atom is -0.481 e. The number of rotatable bonds is 5. The van der Waals surface area contributed by atoms with Crippen molar-refractivity contribution in [2.45, 2.75) is 19.6 Å². The Balaban J connectivity index is 1.93. The summed E-state index contributed by atoms with van der Waals surface area (Å²) in [6.07, 6.45) is -0.523. The maximum Gasteiger partial charge on any atom is 0.263 e. The molecule has 0 aliphatic carbocycles. The zero-order chi connectivity index (χ0) is 15.2. The Morgan fingerprint density at radius 1 is 1.14 bits per heavy atom. The average molecular weight is 304 g/mol. The maximum atomic E-state index is 12.3. The van der Waals surface area contributed by atoms with Crippen molar-refractivity contribution in [3.05, 3.63) is 65.2 Å². The van der Waals surface area contributed by atoms with Crippen LogP contribution in [0, 0.1) is 0 Å². The number of halogens is 1. The predicted octanol–water partition coefficient (Wildman–Crippen LogP) is 3.77. The summed E-state index contributed by atoms with van der Waals surface area (Å²) in [5.41, 5.74) is 1.03. The third-order valence-electron chi connectivity index (χ3n) is 3.11. The van der Waals surface area contributed by atoms with Crippen molar-refractivity contribution in [1.82, 2.24) is 4.90 Å². The second-order valence-electron chi connectivity index (χ2n) is 4.89. The van der Waals surface area contributed by atoms with Gasteiger partial charge in [-0.05, 0) is 36.8 Å². The van der Waals surface area contributed by atoms with Crippen molar-refractivity contribution in [2.75, 3.05) is 7.05 Å². The van der Waals surface area contributed by atoms with Gasteiger partial charge in [-0.1, -0.05) is 41.9 Å². The molecule has 0 N–H and O–H groups in total. The first-order valence-corrected chi connectivity index (χ1v) is 7.15. The minimum absolute atomic E-state index is 0.0613. The third kappa shape index (κ3) is 4.50. The molecule has 0 aliphatic heterocycles. The monoisotopic (exact) mass is 303 g/mol. The van der Waals surface area contributed by atoms with Gasteiger partial charge in [0.25, 0.3) is 5.91 Å². The van der Waals surface area contributed by atoms with Gasteiger partial charge < -0.3 is 9.64 Å². The number of carbonyl (C=O) groups is 1. The highest BCUT2D eigenvalue weighted by atomic mass is 35.5. The van der Waals surface area contributed by atoms with Gasteiger partial charge >= 0.3 is 0 Å². The topological polar surface area (TPSA) is 29.5 Å². The number of hydrogen-bond acceptors (Lipinski definition) is 2. The van der Waals surface area contributed by atoms with Crippen LogP contribution in [0.2, 0.25) is 5.02 Å². The molecule has 0 aromatic heterocycles. The Bertz CT molecular complexity index is 583. The van der Waals surface area contributed by atoms with Crippen molar-refractivity contribution in [3.63, 3.8) is 0 Å². The Morgan fingerprint density at radius 3 is 2.38 bits per heavy atom. The highest BCUT2D eigenvalue weighted by Gasteiger charge is 2.19. The normalized spacial score (nSPS) is 11.8. The minimum atomic E-state index is -0.523. The number of benzene rings is 2. The average Bonchev–Trinajstić information content (AvgIpc) is 2.49. The first kappa shape index (κ1) is 15.4. The molecule has 1 amide bonds. The molecule has 0 radical (unpaired) electrons. The quantitative estimate of drug-likeness (QED) is 0.841. The second-order valence-corrected chi connectivity index (χ2v) is 5.33. The predicted molar refractivity (Wildman–Crippen MR) is 84.5 cm³/mol. The maximum absolute atomic E-state index is 12.3. The number of amides is 1. The fourth-order valence-corrected chi connectivity index (χ4v) is 2.13. The van der Waals surface area contributed by atoms with Gasteiger partial charge in [0.2, 0.25) is 0 Å². The molecule has 21 heavy (non-hydrogen) atoms. The number of hydrogen-bond donors (Lipinski definition) is 0. The van der Waals surface area contributed by atoms with Crippen LogP contribution >= 0.6 is 11.6 Å². The van der Waals surface area contributed by atoms with E-state index in [9.17, 15) is 4.79 Å². The van der Waals surface area contributed by atoms with Gasteiger partial charge in [-0.25, -0.2) is 0 Å². The van der Waals surface area contributed by atoms with Crippen molar-refractivity contribution in [2.24, 2.45) is 0 Å². The van der Waals surface area contributed by atoms with E-state index in [0.717, 1.165) is 5.56 Å². The van der Waals surface area contributed by atoms with E-state index < -0.39 is 6.10 Å². The molecule has 0 fully saturated rings. The Hall–Kier alpha value is -2.00. The van der Waals surface area contributed by atoms with Gasteiger partial charge in [-0.3, -0.25) is 4.79 Å². The zero-order valence-corrected chi connectivity index (χ0v) is 12.9. The Labute approximate surface area is 130 Å². The first-order valence-electron chi connectivity index (χ1n) is 6.77. The van der Waals surface area contributed by atoms with Crippen LogP contribution in [0.25, 0.3) is 0 Å². The van der Waals surface area contributed by atoms with E-state index in [1.807, 2.05) is 54.6 Å². The molecule has 4 heteroatoms. The fourth-order valence-electron chi connectivity index (χ4n) is 2.01. The van der Waals surface area contributed by atoms with Gasteiger partial charge in [-0.2, -0.15) is 0 Å². The number of nitrogens with zero attached hydrogens (tertiary/aromatic N) is 1. The van der Waals surface area contributed by atoms with Gasteiger partial charge in [0.15, 0.2) is 6.10 Å². The van der Waals surface area contributed by atoms with Crippen LogP contribution < -0.4 is 4.74 Å². The summed E-state index contributed by atoms with van der Waals surface area (Å²) in [4.78, 5) is 13.9. The van der Waals surface area contributed by atoms with Crippen LogP contribution in [0.3, 0.4) is 0 Å². The van der Waals surface area contributed by atoms with Gasteiger partial charge in [0.05, 0.1) is 0 Å². The molecule has 1 atom stereocenters. The molecule has 110 valence electrons. The standard InChI is InChI=1S/C17H18ClNO2/c1-13(21-16-6-4-3-5-7-16)17(20)19(2)12-14-8-10-15(18)11-9-14/h3-11,13H,12H2,1-2H3. The van der Waals surface area contributed by atoms with Crippen LogP contribution in [0.4, 0.5) is 0 Å². The molecular formula is C17H18ClNO2. The van der Waals surface area contributed by atoms with Crippen molar-refractivity contribution in [3.8, 4) is 5.75 Å². The summed E-state index contributed by atoms with van der Waals surface area (Å²) < 4.78 is 5.64.